The summed E-state index contributed by atoms with van der Waals surface area (Å²) < 4.78 is 43.5. The van der Waals surface area contributed by atoms with Crippen LogP contribution in [0.2, 0.25) is 0 Å². The van der Waals surface area contributed by atoms with Gasteiger partial charge in [0.2, 0.25) is 5.91 Å². The maximum atomic E-state index is 13.6. The van der Waals surface area contributed by atoms with Gasteiger partial charge in [0.15, 0.2) is 11.6 Å². The van der Waals surface area contributed by atoms with Gasteiger partial charge in [0.1, 0.15) is 5.82 Å². The molecule has 178 valence electrons. The van der Waals surface area contributed by atoms with E-state index in [0.717, 1.165) is 17.8 Å². The number of alkyl halides is 2. The van der Waals surface area contributed by atoms with Crippen LogP contribution in [0.1, 0.15) is 45.1 Å². The fourth-order valence-electron chi connectivity index (χ4n) is 3.97. The van der Waals surface area contributed by atoms with Crippen LogP contribution in [0.5, 0.6) is 5.75 Å². The maximum absolute atomic E-state index is 13.6. The minimum atomic E-state index is -3.21. The highest BCUT2D eigenvalue weighted by Crippen LogP contribution is 2.33. The number of amides is 3. The number of hydrogen-bond donors (Lipinski definition) is 1. The van der Waals surface area contributed by atoms with E-state index in [9.17, 15) is 22.8 Å². The molecule has 1 aliphatic rings. The van der Waals surface area contributed by atoms with Crippen molar-refractivity contribution in [1.29, 1.82) is 0 Å². The van der Waals surface area contributed by atoms with Crippen molar-refractivity contribution in [2.45, 2.75) is 52.2 Å². The van der Waals surface area contributed by atoms with Gasteiger partial charge in [0, 0.05) is 37.8 Å². The Morgan fingerprint density at radius 1 is 1.21 bits per heavy atom. The van der Waals surface area contributed by atoms with E-state index in [4.69, 9.17) is 0 Å². The molecule has 3 rings (SSSR count). The number of aromatic nitrogens is 1. The van der Waals surface area contributed by atoms with Crippen molar-refractivity contribution in [2.75, 3.05) is 23.3 Å². The Morgan fingerprint density at radius 2 is 1.88 bits per heavy atom. The fraction of sp³-hybridized carbons (Fsp3) is 0.435. The lowest BCUT2D eigenvalue weighted by Crippen LogP contribution is -2.50. The predicted molar refractivity (Wildman–Crippen MR) is 118 cm³/mol. The van der Waals surface area contributed by atoms with Crippen molar-refractivity contribution < 1.29 is 27.5 Å². The highest BCUT2D eigenvalue weighted by Gasteiger charge is 2.32. The van der Waals surface area contributed by atoms with Crippen LogP contribution in [0, 0.1) is 5.82 Å². The van der Waals surface area contributed by atoms with Crippen molar-refractivity contribution in [1.82, 2.24) is 9.88 Å². The molecule has 2 aromatic rings. The molecule has 1 N–H and O–H groups in total. The molecule has 0 aliphatic carbocycles. The largest absolute Gasteiger partial charge is 0.431 e. The molecule has 0 unspecified atom stereocenters. The summed E-state index contributed by atoms with van der Waals surface area (Å²) in [5.74, 6) is -1.68. The first-order chi connectivity index (χ1) is 15.7. The van der Waals surface area contributed by atoms with Crippen LogP contribution >= 0.6 is 0 Å². The van der Waals surface area contributed by atoms with Gasteiger partial charge in [-0.15, -0.1) is 0 Å². The van der Waals surface area contributed by atoms with Crippen LogP contribution in [0.25, 0.3) is 0 Å². The topological polar surface area (TPSA) is 74.8 Å². The average molecular weight is 464 g/mol. The van der Waals surface area contributed by atoms with E-state index in [1.54, 1.807) is 9.80 Å². The Balaban J connectivity index is 1.95. The number of pyridine rings is 1. The predicted octanol–water partition coefficient (Wildman–Crippen LogP) is 4.99. The molecule has 0 radical (unpaired) electrons. The molecule has 10 heteroatoms. The number of hydrogen-bond acceptors (Lipinski definition) is 4. The Hall–Kier alpha value is -3.30. The highest BCUT2D eigenvalue weighted by molar-refractivity contribution is 6.03. The molecule has 7 nitrogen and oxygen atoms in total. The van der Waals surface area contributed by atoms with Crippen LogP contribution < -0.4 is 15.0 Å². The molecular weight excluding hydrogens is 437 g/mol. The van der Waals surface area contributed by atoms with Crippen molar-refractivity contribution >= 4 is 23.4 Å². The molecule has 1 fully saturated rings. The van der Waals surface area contributed by atoms with Gasteiger partial charge in [-0.25, -0.2) is 14.2 Å². The SMILES string of the molecule is CC(=O)N1CCC(N(C(=O)Nc2ncc(F)cc2OC(F)F)c2ccccc2C(C)C)CC1. The minimum absolute atomic E-state index is 0.0312. The number of nitrogens with one attached hydrogen (secondary N) is 1. The van der Waals surface area contributed by atoms with Gasteiger partial charge in [-0.05, 0) is 30.4 Å². The van der Waals surface area contributed by atoms with Gasteiger partial charge < -0.3 is 9.64 Å². The van der Waals surface area contributed by atoms with E-state index in [2.05, 4.69) is 15.0 Å². The number of para-hydroxylation sites is 1. The average Bonchev–Trinajstić information content (AvgIpc) is 2.76. The number of carbonyl (C=O) groups is 2. The molecule has 0 spiro atoms. The first-order valence-corrected chi connectivity index (χ1v) is 10.7. The Bertz CT molecular complexity index is 995. The van der Waals surface area contributed by atoms with Gasteiger partial charge >= 0.3 is 12.6 Å². The quantitative estimate of drug-likeness (QED) is 0.653. The number of benzene rings is 1. The summed E-state index contributed by atoms with van der Waals surface area (Å²) in [7, 11) is 0. The molecule has 1 aromatic carbocycles. The second-order valence-electron chi connectivity index (χ2n) is 8.13. The Kier molecular flexibility index (Phi) is 7.78. The summed E-state index contributed by atoms with van der Waals surface area (Å²) in [6, 6.07) is 7.32. The first kappa shape index (κ1) is 24.3. The number of piperidine rings is 1. The molecule has 33 heavy (non-hydrogen) atoms. The van der Waals surface area contributed by atoms with Crippen LogP contribution in [-0.2, 0) is 4.79 Å². The molecule has 0 bridgehead atoms. The minimum Gasteiger partial charge on any atom is -0.431 e. The lowest BCUT2D eigenvalue weighted by molar-refractivity contribution is -0.129. The highest BCUT2D eigenvalue weighted by atomic mass is 19.3. The van der Waals surface area contributed by atoms with Crippen molar-refractivity contribution in [3.63, 3.8) is 0 Å². The maximum Gasteiger partial charge on any atom is 0.387 e. The summed E-state index contributed by atoms with van der Waals surface area (Å²) >= 11 is 0. The monoisotopic (exact) mass is 464 g/mol. The van der Waals surface area contributed by atoms with E-state index < -0.39 is 24.2 Å². The molecule has 0 atom stereocenters. The molecule has 0 saturated carbocycles. The van der Waals surface area contributed by atoms with Crippen LogP contribution in [0.4, 0.5) is 29.5 Å². The van der Waals surface area contributed by atoms with Gasteiger partial charge in [0.25, 0.3) is 0 Å². The number of likely N-dealkylation sites (tertiary alicyclic amines) is 1. The zero-order valence-electron chi connectivity index (χ0n) is 18.7. The summed E-state index contributed by atoms with van der Waals surface area (Å²) in [6.07, 6.45) is 1.89. The third kappa shape index (κ3) is 5.94. The van der Waals surface area contributed by atoms with E-state index in [-0.39, 0.29) is 23.7 Å². The van der Waals surface area contributed by atoms with Crippen LogP contribution in [0.3, 0.4) is 0 Å². The standard InChI is InChI=1S/C23H27F3N4O3/c1-14(2)18-6-4-5-7-19(18)30(17-8-10-29(11-9-17)15(3)31)23(32)28-21-20(33-22(25)26)12-16(24)13-27-21/h4-7,12-14,17,22H,8-11H2,1-3H3,(H,27,28,32). The normalized spacial score (nSPS) is 14.5. The number of halogens is 3. The number of anilines is 2. The summed E-state index contributed by atoms with van der Waals surface area (Å²) in [4.78, 5) is 32.3. The van der Waals surface area contributed by atoms with Gasteiger partial charge in [-0.3, -0.25) is 15.0 Å². The second kappa shape index (κ2) is 10.5. The number of rotatable bonds is 6. The zero-order valence-corrected chi connectivity index (χ0v) is 18.7. The van der Waals surface area contributed by atoms with Gasteiger partial charge in [0.05, 0.1) is 6.20 Å². The fourth-order valence-corrected chi connectivity index (χ4v) is 3.97. The molecular formula is C23H27F3N4O3. The summed E-state index contributed by atoms with van der Waals surface area (Å²) in [5.41, 5.74) is 1.60. The molecule has 1 saturated heterocycles. The molecule has 3 amide bonds. The summed E-state index contributed by atoms with van der Waals surface area (Å²) in [5, 5.41) is 2.51. The van der Waals surface area contributed by atoms with Crippen molar-refractivity contribution in [3.8, 4) is 5.75 Å². The van der Waals surface area contributed by atoms with Crippen molar-refractivity contribution in [2.24, 2.45) is 0 Å². The number of carbonyl (C=O) groups excluding carboxylic acids is 2. The second-order valence-corrected chi connectivity index (χ2v) is 8.13. The number of ether oxygens (including phenoxy) is 1. The van der Waals surface area contributed by atoms with Crippen LogP contribution in [0.15, 0.2) is 36.5 Å². The zero-order chi connectivity index (χ0) is 24.1. The first-order valence-electron chi connectivity index (χ1n) is 10.7. The third-order valence-corrected chi connectivity index (χ3v) is 5.57. The van der Waals surface area contributed by atoms with E-state index in [1.807, 2.05) is 38.1 Å². The molecule has 1 aliphatic heterocycles. The molecule has 1 aromatic heterocycles. The van der Waals surface area contributed by atoms with E-state index in [1.165, 1.54) is 6.92 Å². The molecule has 2 heterocycles. The third-order valence-electron chi connectivity index (χ3n) is 5.57. The van der Waals surface area contributed by atoms with Crippen molar-refractivity contribution in [3.05, 3.63) is 47.9 Å². The lowest BCUT2D eigenvalue weighted by Gasteiger charge is -2.39. The number of urea groups is 1. The van der Waals surface area contributed by atoms with Gasteiger partial charge in [-0.2, -0.15) is 8.78 Å². The smallest absolute Gasteiger partial charge is 0.387 e. The number of nitrogens with zero attached hydrogens (tertiary/aromatic N) is 3. The van der Waals surface area contributed by atoms with Gasteiger partial charge in [-0.1, -0.05) is 32.0 Å². The van der Waals surface area contributed by atoms with Crippen LogP contribution in [-0.4, -0.2) is 47.6 Å². The van der Waals surface area contributed by atoms with E-state index in [0.29, 0.717) is 31.6 Å². The Labute approximate surface area is 190 Å². The Morgan fingerprint density at radius 3 is 2.48 bits per heavy atom. The lowest BCUT2D eigenvalue weighted by atomic mass is 9.97. The van der Waals surface area contributed by atoms with E-state index >= 15 is 0 Å². The summed E-state index contributed by atoms with van der Waals surface area (Å²) in [6.45, 7) is 3.28.